The lowest BCUT2D eigenvalue weighted by molar-refractivity contribution is -0.509. The third-order valence-electron chi connectivity index (χ3n) is 4.75. The average molecular weight is 294 g/mol. The quantitative estimate of drug-likeness (QED) is 0.273. The molecule has 2 aromatic heterocycles. The second-order valence-electron chi connectivity index (χ2n) is 6.23. The van der Waals surface area contributed by atoms with Crippen molar-refractivity contribution in [2.45, 2.75) is 6.92 Å². The molecule has 0 saturated heterocycles. The molecule has 0 aliphatic carbocycles. The number of pyridine rings is 2. The minimum absolute atomic E-state index is 1.29. The minimum Gasteiger partial charge on any atom is -0.166 e. The zero-order valence-electron chi connectivity index (χ0n) is 13.0. The van der Waals surface area contributed by atoms with Crippen molar-refractivity contribution in [1.29, 1.82) is 0 Å². The molecule has 23 heavy (non-hydrogen) atoms. The van der Waals surface area contributed by atoms with E-state index in [9.17, 15) is 0 Å². The number of hydrogen-bond donors (Lipinski definition) is 0. The predicted molar refractivity (Wildman–Crippen MR) is 96.9 cm³/mol. The first-order chi connectivity index (χ1) is 11.3. The van der Waals surface area contributed by atoms with Crippen molar-refractivity contribution < 1.29 is 4.40 Å². The molecule has 0 saturated carbocycles. The van der Waals surface area contributed by atoms with E-state index >= 15 is 0 Å². The summed E-state index contributed by atoms with van der Waals surface area (Å²) in [5, 5.41) is 7.83. The van der Waals surface area contributed by atoms with Crippen LogP contribution < -0.4 is 4.40 Å². The van der Waals surface area contributed by atoms with Crippen LogP contribution in [0, 0.1) is 6.92 Å². The summed E-state index contributed by atoms with van der Waals surface area (Å²) in [5.41, 5.74) is 2.59. The highest BCUT2D eigenvalue weighted by Crippen LogP contribution is 2.31. The van der Waals surface area contributed by atoms with Crippen molar-refractivity contribution in [2.75, 3.05) is 0 Å². The van der Waals surface area contributed by atoms with E-state index in [0.29, 0.717) is 0 Å². The highest BCUT2D eigenvalue weighted by Gasteiger charge is 2.14. The fourth-order valence-electron chi connectivity index (χ4n) is 3.63. The third kappa shape index (κ3) is 1.77. The van der Waals surface area contributed by atoms with Gasteiger partial charge in [0.15, 0.2) is 12.4 Å². The highest BCUT2D eigenvalue weighted by molar-refractivity contribution is 6.18. The molecule has 0 radical (unpaired) electrons. The largest absolute Gasteiger partial charge is 0.226 e. The SMILES string of the molecule is Cc1ccc2cc[n+]3ccc4ccc5ccccc5c4c3c2c1. The zero-order valence-corrected chi connectivity index (χ0v) is 13.0. The van der Waals surface area contributed by atoms with Crippen LogP contribution in [0.1, 0.15) is 5.56 Å². The number of aryl methyl sites for hydroxylation is 1. The maximum atomic E-state index is 2.30. The Bertz CT molecular complexity index is 1210. The van der Waals surface area contributed by atoms with Gasteiger partial charge in [-0.25, -0.2) is 0 Å². The van der Waals surface area contributed by atoms with E-state index in [1.54, 1.807) is 0 Å². The van der Waals surface area contributed by atoms with Gasteiger partial charge >= 0.3 is 0 Å². The normalized spacial score (nSPS) is 11.7. The molecular formula is C22H16N+. The van der Waals surface area contributed by atoms with Gasteiger partial charge in [-0.15, -0.1) is 0 Å². The van der Waals surface area contributed by atoms with Crippen molar-refractivity contribution in [3.63, 3.8) is 0 Å². The first-order valence-electron chi connectivity index (χ1n) is 7.96. The molecule has 1 heteroatoms. The van der Waals surface area contributed by atoms with E-state index < -0.39 is 0 Å². The van der Waals surface area contributed by atoms with Crippen LogP contribution in [0.5, 0.6) is 0 Å². The summed E-state index contributed by atoms with van der Waals surface area (Å²) < 4.78 is 2.25. The molecule has 5 aromatic rings. The Morgan fingerprint density at radius 3 is 2.26 bits per heavy atom. The van der Waals surface area contributed by atoms with Crippen LogP contribution in [0.2, 0.25) is 0 Å². The van der Waals surface area contributed by atoms with Crippen molar-refractivity contribution in [2.24, 2.45) is 0 Å². The van der Waals surface area contributed by atoms with Crippen LogP contribution in [0.3, 0.4) is 0 Å². The van der Waals surface area contributed by atoms with Crippen LogP contribution in [-0.2, 0) is 0 Å². The molecule has 3 aromatic carbocycles. The fraction of sp³-hybridized carbons (Fsp3) is 0.0455. The highest BCUT2D eigenvalue weighted by atomic mass is 14.8. The van der Waals surface area contributed by atoms with Gasteiger partial charge in [-0.2, -0.15) is 4.40 Å². The van der Waals surface area contributed by atoms with Crippen LogP contribution >= 0.6 is 0 Å². The van der Waals surface area contributed by atoms with Gasteiger partial charge in [0.25, 0.3) is 0 Å². The van der Waals surface area contributed by atoms with Gasteiger partial charge in [-0.05, 0) is 34.5 Å². The van der Waals surface area contributed by atoms with Crippen LogP contribution in [0.15, 0.2) is 79.1 Å². The molecule has 1 nitrogen and oxygen atoms in total. The van der Waals surface area contributed by atoms with Gasteiger partial charge in [-0.3, -0.25) is 0 Å². The molecule has 0 aliphatic heterocycles. The maximum absolute atomic E-state index is 2.30. The standard InChI is InChI=1S/C22H16N/c1-15-6-7-17-10-12-23-13-11-18-9-8-16-4-2-3-5-19(16)21(18)22(23)20(17)14-15/h2-14H,1H3/q+1. The Balaban J connectivity index is 2.17. The second kappa shape index (κ2) is 4.53. The molecule has 0 aliphatic rings. The Morgan fingerprint density at radius 2 is 1.35 bits per heavy atom. The summed E-state index contributed by atoms with van der Waals surface area (Å²) in [4.78, 5) is 0. The lowest BCUT2D eigenvalue weighted by Gasteiger charge is -2.06. The molecule has 5 rings (SSSR count). The van der Waals surface area contributed by atoms with Crippen molar-refractivity contribution in [3.8, 4) is 0 Å². The monoisotopic (exact) mass is 294 g/mol. The van der Waals surface area contributed by atoms with Gasteiger partial charge in [-0.1, -0.05) is 54.1 Å². The topological polar surface area (TPSA) is 4.10 Å². The van der Waals surface area contributed by atoms with Gasteiger partial charge < -0.3 is 0 Å². The molecule has 0 bridgehead atoms. The molecule has 0 fully saturated rings. The van der Waals surface area contributed by atoms with Crippen LogP contribution in [0.4, 0.5) is 0 Å². The van der Waals surface area contributed by atoms with E-state index in [1.807, 2.05) is 0 Å². The number of hydrogen-bond acceptors (Lipinski definition) is 0. The van der Waals surface area contributed by atoms with E-state index in [4.69, 9.17) is 0 Å². The fourth-order valence-corrected chi connectivity index (χ4v) is 3.63. The van der Waals surface area contributed by atoms with E-state index in [2.05, 4.69) is 90.4 Å². The summed E-state index contributed by atoms with van der Waals surface area (Å²) in [6.07, 6.45) is 4.32. The first kappa shape index (κ1) is 12.6. The predicted octanol–water partition coefficient (Wildman–Crippen LogP) is 5.19. The molecule has 0 unspecified atom stereocenters. The molecule has 0 amide bonds. The summed E-state index contributed by atoms with van der Waals surface area (Å²) in [6.45, 7) is 2.16. The lowest BCUT2D eigenvalue weighted by atomic mass is 9.98. The van der Waals surface area contributed by atoms with E-state index in [1.165, 1.54) is 43.4 Å². The van der Waals surface area contributed by atoms with E-state index in [0.717, 1.165) is 0 Å². The van der Waals surface area contributed by atoms with Crippen LogP contribution in [0.25, 0.3) is 37.8 Å². The number of aromatic nitrogens is 1. The molecular weight excluding hydrogens is 278 g/mol. The number of nitrogens with zero attached hydrogens (tertiary/aromatic N) is 1. The minimum atomic E-state index is 1.29. The summed E-state index contributed by atoms with van der Waals surface area (Å²) in [5.74, 6) is 0. The maximum Gasteiger partial charge on any atom is 0.226 e. The number of benzene rings is 3. The molecule has 0 spiro atoms. The zero-order chi connectivity index (χ0) is 15.4. The third-order valence-corrected chi connectivity index (χ3v) is 4.75. The van der Waals surface area contributed by atoms with Crippen molar-refractivity contribution >= 4 is 37.8 Å². The van der Waals surface area contributed by atoms with Gasteiger partial charge in [0.05, 0.1) is 10.8 Å². The van der Waals surface area contributed by atoms with E-state index in [-0.39, 0.29) is 0 Å². The Kier molecular flexibility index (Phi) is 2.48. The molecule has 108 valence electrons. The van der Waals surface area contributed by atoms with Gasteiger partial charge in [0, 0.05) is 12.1 Å². The number of fused-ring (bicyclic) bond motifs is 7. The smallest absolute Gasteiger partial charge is 0.166 e. The first-order valence-corrected chi connectivity index (χ1v) is 7.96. The molecule has 0 atom stereocenters. The second-order valence-corrected chi connectivity index (χ2v) is 6.23. The Hall–Kier alpha value is -2.93. The molecule has 2 heterocycles. The van der Waals surface area contributed by atoms with Gasteiger partial charge in [0.1, 0.15) is 0 Å². The number of rotatable bonds is 0. The lowest BCUT2D eigenvalue weighted by Crippen LogP contribution is -2.20. The molecule has 0 N–H and O–H groups in total. The van der Waals surface area contributed by atoms with Gasteiger partial charge in [0.2, 0.25) is 5.52 Å². The average Bonchev–Trinajstić information content (AvgIpc) is 2.60. The Morgan fingerprint density at radius 1 is 0.652 bits per heavy atom. The summed E-state index contributed by atoms with van der Waals surface area (Å²) >= 11 is 0. The van der Waals surface area contributed by atoms with Crippen molar-refractivity contribution in [1.82, 2.24) is 0 Å². The Labute approximate surface area is 134 Å². The van der Waals surface area contributed by atoms with Crippen molar-refractivity contribution in [3.05, 3.63) is 84.7 Å². The summed E-state index contributed by atoms with van der Waals surface area (Å²) in [7, 11) is 0. The van der Waals surface area contributed by atoms with Crippen LogP contribution in [-0.4, -0.2) is 0 Å². The summed E-state index contributed by atoms with van der Waals surface area (Å²) in [6, 6.07) is 24.2.